The summed E-state index contributed by atoms with van der Waals surface area (Å²) in [6, 6.07) is 0. The number of rotatable bonds is 4. The van der Waals surface area contributed by atoms with Gasteiger partial charge in [-0.2, -0.15) is 5.10 Å². The number of hydrogen-bond acceptors (Lipinski definition) is 3. The Bertz CT molecular complexity index is 393. The summed E-state index contributed by atoms with van der Waals surface area (Å²) in [5.74, 6) is -0.0189. The Morgan fingerprint density at radius 1 is 1.67 bits per heavy atom. The maximum atomic E-state index is 11.0. The number of primary amides is 1. The number of carbonyl (C=O) groups excluding carboxylic acids is 2. The monoisotopic (exact) mass is 207 g/mol. The minimum atomic E-state index is -0.649. The van der Waals surface area contributed by atoms with E-state index in [1.54, 1.807) is 10.9 Å². The van der Waals surface area contributed by atoms with Gasteiger partial charge in [0.15, 0.2) is 12.0 Å². The Kier molecular flexibility index (Phi) is 2.53. The van der Waals surface area contributed by atoms with Crippen LogP contribution < -0.4 is 5.73 Å². The number of aromatic nitrogens is 2. The first-order chi connectivity index (χ1) is 7.20. The third-order valence-corrected chi connectivity index (χ3v) is 2.82. The van der Waals surface area contributed by atoms with E-state index in [1.807, 2.05) is 0 Å². The second-order valence-electron chi connectivity index (χ2n) is 3.93. The predicted molar refractivity (Wildman–Crippen MR) is 53.5 cm³/mol. The average molecular weight is 207 g/mol. The normalized spacial score (nSPS) is 16.0. The maximum Gasteiger partial charge on any atom is 0.269 e. The molecule has 0 spiro atoms. The van der Waals surface area contributed by atoms with E-state index in [0.29, 0.717) is 12.2 Å². The predicted octanol–water partition coefficient (Wildman–Crippen LogP) is 0.595. The Hall–Kier alpha value is -1.65. The van der Waals surface area contributed by atoms with Crippen molar-refractivity contribution in [3.63, 3.8) is 0 Å². The summed E-state index contributed by atoms with van der Waals surface area (Å²) in [7, 11) is 0. The molecule has 1 heterocycles. The highest BCUT2D eigenvalue weighted by Crippen LogP contribution is 2.27. The van der Waals surface area contributed by atoms with Gasteiger partial charge in [-0.15, -0.1) is 0 Å². The summed E-state index contributed by atoms with van der Waals surface area (Å²) in [4.78, 5) is 21.6. The van der Waals surface area contributed by atoms with E-state index in [-0.39, 0.29) is 11.3 Å². The first kappa shape index (κ1) is 9.89. The molecule has 0 aliphatic heterocycles. The van der Waals surface area contributed by atoms with E-state index in [0.717, 1.165) is 6.54 Å². The van der Waals surface area contributed by atoms with Crippen molar-refractivity contribution >= 4 is 12.2 Å². The first-order valence-electron chi connectivity index (χ1n) is 5.03. The largest absolute Gasteiger partial charge is 0.364 e. The highest BCUT2D eigenvalue weighted by atomic mass is 16.1. The molecule has 0 aromatic carbocycles. The van der Waals surface area contributed by atoms with E-state index in [2.05, 4.69) is 5.10 Å². The van der Waals surface area contributed by atoms with Crippen molar-refractivity contribution in [1.82, 2.24) is 9.78 Å². The lowest BCUT2D eigenvalue weighted by Gasteiger charge is -2.24. The molecule has 1 aliphatic carbocycles. The SMILES string of the molecule is NC(=O)c1nn(CC2CCC2)cc1C=O. The molecule has 0 bridgehead atoms. The van der Waals surface area contributed by atoms with Gasteiger partial charge in [-0.1, -0.05) is 6.42 Å². The van der Waals surface area contributed by atoms with Gasteiger partial charge in [-0.3, -0.25) is 14.3 Å². The number of hydrogen-bond donors (Lipinski definition) is 1. The van der Waals surface area contributed by atoms with Crippen LogP contribution in [0.2, 0.25) is 0 Å². The standard InChI is InChI=1S/C10H13N3O2/c11-10(15)9-8(6-14)5-13(12-9)4-7-2-1-3-7/h5-7H,1-4H2,(H2,11,15). The molecule has 1 amide bonds. The van der Waals surface area contributed by atoms with Gasteiger partial charge >= 0.3 is 0 Å². The molecule has 2 N–H and O–H groups in total. The number of nitrogens with zero attached hydrogens (tertiary/aromatic N) is 2. The molecule has 2 rings (SSSR count). The van der Waals surface area contributed by atoms with Crippen molar-refractivity contribution in [3.8, 4) is 0 Å². The van der Waals surface area contributed by atoms with Crippen molar-refractivity contribution in [1.29, 1.82) is 0 Å². The van der Waals surface area contributed by atoms with Gasteiger partial charge in [0.2, 0.25) is 0 Å². The quantitative estimate of drug-likeness (QED) is 0.734. The van der Waals surface area contributed by atoms with Gasteiger partial charge in [-0.05, 0) is 18.8 Å². The third kappa shape index (κ3) is 1.91. The molecule has 15 heavy (non-hydrogen) atoms. The van der Waals surface area contributed by atoms with Crippen LogP contribution in [0, 0.1) is 5.92 Å². The molecule has 1 aliphatic rings. The molecule has 1 saturated carbocycles. The van der Waals surface area contributed by atoms with Crippen molar-refractivity contribution in [2.75, 3.05) is 0 Å². The van der Waals surface area contributed by atoms with Gasteiger partial charge in [0, 0.05) is 12.7 Å². The molecule has 1 aromatic rings. The van der Waals surface area contributed by atoms with E-state index in [9.17, 15) is 9.59 Å². The van der Waals surface area contributed by atoms with Crippen LogP contribution in [0.4, 0.5) is 0 Å². The molecule has 80 valence electrons. The molecule has 1 aromatic heterocycles. The zero-order chi connectivity index (χ0) is 10.8. The number of amides is 1. The van der Waals surface area contributed by atoms with Crippen molar-refractivity contribution in [2.45, 2.75) is 25.8 Å². The summed E-state index contributed by atoms with van der Waals surface area (Å²) < 4.78 is 1.65. The first-order valence-corrected chi connectivity index (χ1v) is 5.03. The highest BCUT2D eigenvalue weighted by molar-refractivity contribution is 5.98. The highest BCUT2D eigenvalue weighted by Gasteiger charge is 2.20. The minimum absolute atomic E-state index is 0.0734. The topological polar surface area (TPSA) is 78.0 Å². The van der Waals surface area contributed by atoms with Crippen molar-refractivity contribution < 1.29 is 9.59 Å². The van der Waals surface area contributed by atoms with E-state index < -0.39 is 5.91 Å². The Balaban J connectivity index is 2.17. The van der Waals surface area contributed by atoms with Crippen molar-refractivity contribution in [3.05, 3.63) is 17.5 Å². The van der Waals surface area contributed by atoms with Gasteiger partial charge < -0.3 is 5.73 Å². The van der Waals surface area contributed by atoms with E-state index in [1.165, 1.54) is 19.3 Å². The van der Waals surface area contributed by atoms with Crippen LogP contribution in [0.25, 0.3) is 0 Å². The summed E-state index contributed by atoms with van der Waals surface area (Å²) in [6.45, 7) is 0.772. The zero-order valence-corrected chi connectivity index (χ0v) is 8.35. The van der Waals surface area contributed by atoms with Crippen LogP contribution >= 0.6 is 0 Å². The lowest BCUT2D eigenvalue weighted by atomic mass is 9.85. The maximum absolute atomic E-state index is 11.0. The lowest BCUT2D eigenvalue weighted by Crippen LogP contribution is -2.19. The van der Waals surface area contributed by atoms with Gasteiger partial charge in [0.1, 0.15) is 0 Å². The average Bonchev–Trinajstić information content (AvgIpc) is 2.54. The molecule has 0 saturated heterocycles. The number of nitrogens with two attached hydrogens (primary N) is 1. The Labute approximate surface area is 87.3 Å². The molecular weight excluding hydrogens is 194 g/mol. The van der Waals surface area contributed by atoms with E-state index >= 15 is 0 Å². The molecule has 0 atom stereocenters. The van der Waals surface area contributed by atoms with Gasteiger partial charge in [0.25, 0.3) is 5.91 Å². The second kappa shape index (κ2) is 3.84. The molecule has 5 heteroatoms. The molecule has 0 unspecified atom stereocenters. The second-order valence-corrected chi connectivity index (χ2v) is 3.93. The molecule has 5 nitrogen and oxygen atoms in total. The fraction of sp³-hybridized carbons (Fsp3) is 0.500. The molecule has 0 radical (unpaired) electrons. The Morgan fingerprint density at radius 3 is 2.80 bits per heavy atom. The summed E-state index contributed by atoms with van der Waals surface area (Å²) in [5.41, 5.74) is 5.46. The molecule has 1 fully saturated rings. The summed E-state index contributed by atoms with van der Waals surface area (Å²) in [6.07, 6.45) is 5.86. The van der Waals surface area contributed by atoms with Crippen LogP contribution in [0.5, 0.6) is 0 Å². The lowest BCUT2D eigenvalue weighted by molar-refractivity contribution is 0.0987. The van der Waals surface area contributed by atoms with Crippen molar-refractivity contribution in [2.24, 2.45) is 11.7 Å². The van der Waals surface area contributed by atoms with Crippen LogP contribution in [0.3, 0.4) is 0 Å². The van der Waals surface area contributed by atoms with Crippen LogP contribution in [-0.4, -0.2) is 22.0 Å². The summed E-state index contributed by atoms with van der Waals surface area (Å²) >= 11 is 0. The minimum Gasteiger partial charge on any atom is -0.364 e. The van der Waals surface area contributed by atoms with E-state index in [4.69, 9.17) is 5.73 Å². The summed E-state index contributed by atoms with van der Waals surface area (Å²) in [5, 5.41) is 4.01. The fourth-order valence-electron chi connectivity index (χ4n) is 1.75. The zero-order valence-electron chi connectivity index (χ0n) is 8.35. The van der Waals surface area contributed by atoms with Crippen LogP contribution in [-0.2, 0) is 6.54 Å². The van der Waals surface area contributed by atoms with Crippen LogP contribution in [0.1, 0.15) is 40.1 Å². The number of aldehydes is 1. The smallest absolute Gasteiger partial charge is 0.269 e. The van der Waals surface area contributed by atoms with Gasteiger partial charge in [0.05, 0.1) is 5.56 Å². The molecular formula is C10H13N3O2. The third-order valence-electron chi connectivity index (χ3n) is 2.82. The van der Waals surface area contributed by atoms with Gasteiger partial charge in [-0.25, -0.2) is 0 Å². The number of carbonyl (C=O) groups is 2. The Morgan fingerprint density at radius 2 is 2.40 bits per heavy atom. The van der Waals surface area contributed by atoms with Crippen LogP contribution in [0.15, 0.2) is 6.20 Å². The fourth-order valence-corrected chi connectivity index (χ4v) is 1.75.